The number of nitrogens with two attached hydrogens (primary N) is 1. The molecule has 31 heavy (non-hydrogen) atoms. The summed E-state index contributed by atoms with van der Waals surface area (Å²) in [4.78, 5) is 7.06. The molecule has 0 radical (unpaired) electrons. The van der Waals surface area contributed by atoms with Gasteiger partial charge in [0.15, 0.2) is 0 Å². The van der Waals surface area contributed by atoms with Crippen molar-refractivity contribution in [1.29, 1.82) is 0 Å². The number of anilines is 2. The van der Waals surface area contributed by atoms with Gasteiger partial charge in [-0.05, 0) is 47.9 Å². The predicted octanol–water partition coefficient (Wildman–Crippen LogP) is 4.86. The molecule has 0 spiro atoms. The average Bonchev–Trinajstić information content (AvgIpc) is 3.10. The molecule has 0 amide bonds. The second-order valence-electron chi connectivity index (χ2n) is 8.13. The Hall–Kier alpha value is -3.02. The van der Waals surface area contributed by atoms with Crippen LogP contribution in [0.1, 0.15) is 5.56 Å². The van der Waals surface area contributed by atoms with E-state index in [1.54, 1.807) is 6.20 Å². The molecule has 1 saturated heterocycles. The largest absolute Gasteiger partial charge is 0.398 e. The number of aryl methyl sites for hydroxylation is 2. The summed E-state index contributed by atoms with van der Waals surface area (Å²) in [6.07, 6.45) is 1.76. The summed E-state index contributed by atoms with van der Waals surface area (Å²) in [5.41, 5.74) is 14.6. The molecule has 2 aromatic heterocycles. The highest BCUT2D eigenvalue weighted by Gasteiger charge is 2.22. The Morgan fingerprint density at radius 2 is 1.71 bits per heavy atom. The maximum Gasteiger partial charge on any atom is 0.142 e. The van der Waals surface area contributed by atoms with Crippen molar-refractivity contribution in [3.63, 3.8) is 0 Å². The van der Waals surface area contributed by atoms with Crippen molar-refractivity contribution in [2.75, 3.05) is 36.8 Å². The van der Waals surface area contributed by atoms with Crippen LogP contribution in [0.2, 0.25) is 5.02 Å². The van der Waals surface area contributed by atoms with Crippen LogP contribution < -0.4 is 16.0 Å². The summed E-state index contributed by atoms with van der Waals surface area (Å²) in [6.45, 7) is 6.12. The molecule has 158 valence electrons. The highest BCUT2D eigenvalue weighted by atomic mass is 35.5. The monoisotopic (exact) mass is 431 g/mol. The Balaban J connectivity index is 1.70. The number of fused-ring (bicyclic) bond motifs is 1. The van der Waals surface area contributed by atoms with Gasteiger partial charge in [0.1, 0.15) is 5.65 Å². The number of halogens is 1. The molecule has 0 aliphatic carbocycles. The van der Waals surface area contributed by atoms with Crippen molar-refractivity contribution >= 4 is 34.0 Å². The summed E-state index contributed by atoms with van der Waals surface area (Å²) in [7, 11) is 2.05. The number of nitrogens with one attached hydrogen (secondary N) is 1. The molecular weight excluding hydrogens is 406 g/mol. The lowest BCUT2D eigenvalue weighted by Crippen LogP contribution is -2.43. The molecule has 0 unspecified atom stereocenters. The zero-order valence-corrected chi connectivity index (χ0v) is 18.6. The van der Waals surface area contributed by atoms with Gasteiger partial charge in [0.25, 0.3) is 0 Å². The number of benzene rings is 2. The number of pyridine rings is 1. The minimum absolute atomic E-state index is 0.693. The lowest BCUT2D eigenvalue weighted by Gasteiger charge is -2.29. The molecule has 3 N–H and O–H groups in total. The predicted molar refractivity (Wildman–Crippen MR) is 131 cm³/mol. The third kappa shape index (κ3) is 3.44. The summed E-state index contributed by atoms with van der Waals surface area (Å²) in [6, 6.07) is 16.9. The number of nitrogens with zero attached hydrogens (tertiary/aromatic N) is 3. The first-order valence-electron chi connectivity index (χ1n) is 10.6. The fourth-order valence-electron chi connectivity index (χ4n) is 4.47. The maximum absolute atomic E-state index is 6.69. The smallest absolute Gasteiger partial charge is 0.142 e. The van der Waals surface area contributed by atoms with Crippen molar-refractivity contribution < 1.29 is 0 Å². The molecule has 1 fully saturated rings. The molecular formula is C25H26ClN5. The van der Waals surface area contributed by atoms with Crippen molar-refractivity contribution in [3.8, 4) is 22.4 Å². The zero-order chi connectivity index (χ0) is 21.5. The molecule has 0 bridgehead atoms. The van der Waals surface area contributed by atoms with E-state index in [0.717, 1.165) is 70.8 Å². The minimum atomic E-state index is 0.693. The number of hydrogen-bond donors (Lipinski definition) is 2. The van der Waals surface area contributed by atoms with Gasteiger partial charge in [-0.1, -0.05) is 35.9 Å². The van der Waals surface area contributed by atoms with Crippen LogP contribution in [0.5, 0.6) is 0 Å². The fourth-order valence-corrected chi connectivity index (χ4v) is 4.71. The Kier molecular flexibility index (Phi) is 5.08. The summed E-state index contributed by atoms with van der Waals surface area (Å²) < 4.78 is 2.13. The van der Waals surface area contributed by atoms with Crippen LogP contribution >= 0.6 is 11.6 Å². The number of hydrogen-bond acceptors (Lipinski definition) is 4. The molecule has 1 aliphatic rings. The highest BCUT2D eigenvalue weighted by Crippen LogP contribution is 2.43. The van der Waals surface area contributed by atoms with Crippen molar-refractivity contribution in [2.45, 2.75) is 6.92 Å². The molecule has 0 saturated carbocycles. The van der Waals surface area contributed by atoms with Gasteiger partial charge >= 0.3 is 0 Å². The first-order chi connectivity index (χ1) is 15.0. The quantitative estimate of drug-likeness (QED) is 0.455. The Bertz CT molecular complexity index is 1250. The fraction of sp³-hybridized carbons (Fsp3) is 0.240. The maximum atomic E-state index is 6.69. The van der Waals surface area contributed by atoms with E-state index in [1.807, 2.05) is 26.1 Å². The van der Waals surface area contributed by atoms with Gasteiger partial charge < -0.3 is 20.5 Å². The zero-order valence-electron chi connectivity index (χ0n) is 17.8. The van der Waals surface area contributed by atoms with Gasteiger partial charge in [-0.3, -0.25) is 0 Å². The second kappa shape index (κ2) is 7.91. The third-order valence-corrected chi connectivity index (χ3v) is 6.53. The van der Waals surface area contributed by atoms with Gasteiger partial charge in [0.2, 0.25) is 0 Å². The first-order valence-corrected chi connectivity index (χ1v) is 11.0. The average molecular weight is 432 g/mol. The summed E-state index contributed by atoms with van der Waals surface area (Å²) in [5.74, 6) is 0. The van der Waals surface area contributed by atoms with Crippen LogP contribution in [0.25, 0.3) is 33.4 Å². The molecule has 4 aromatic rings. The number of aromatic nitrogens is 2. The first kappa shape index (κ1) is 19.9. The van der Waals surface area contributed by atoms with Crippen LogP contribution in [0, 0.1) is 6.92 Å². The third-order valence-electron chi connectivity index (χ3n) is 6.21. The van der Waals surface area contributed by atoms with E-state index in [1.165, 1.54) is 5.69 Å². The molecule has 5 rings (SSSR count). The van der Waals surface area contributed by atoms with E-state index in [2.05, 4.69) is 56.2 Å². The molecule has 1 aliphatic heterocycles. The van der Waals surface area contributed by atoms with Crippen molar-refractivity contribution in [2.24, 2.45) is 7.05 Å². The standard InChI is InChI=1S/C25H26ClN5/c1-16-3-4-18(15-21(16)27)22-23-20(26)9-10-29-25(23)30(2)24(22)17-5-7-19(8-6-17)31-13-11-28-12-14-31/h3-10,15,28H,11-14,27H2,1-2H3. The molecule has 6 heteroatoms. The van der Waals surface area contributed by atoms with Crippen LogP contribution in [-0.4, -0.2) is 35.7 Å². The van der Waals surface area contributed by atoms with Crippen LogP contribution in [0.4, 0.5) is 11.4 Å². The van der Waals surface area contributed by atoms with E-state index in [-0.39, 0.29) is 0 Å². The van der Waals surface area contributed by atoms with E-state index in [9.17, 15) is 0 Å². The lowest BCUT2D eigenvalue weighted by molar-refractivity contribution is 0.589. The molecule has 3 heterocycles. The molecule has 0 atom stereocenters. The second-order valence-corrected chi connectivity index (χ2v) is 8.54. The molecule has 2 aromatic carbocycles. The topological polar surface area (TPSA) is 59.1 Å². The summed E-state index contributed by atoms with van der Waals surface area (Å²) >= 11 is 6.69. The van der Waals surface area contributed by atoms with E-state index >= 15 is 0 Å². The van der Waals surface area contributed by atoms with E-state index < -0.39 is 0 Å². The minimum Gasteiger partial charge on any atom is -0.398 e. The summed E-state index contributed by atoms with van der Waals surface area (Å²) in [5, 5.41) is 5.06. The SMILES string of the molecule is Cc1ccc(-c2c(-c3ccc(N4CCNCC4)cc3)n(C)c3nccc(Cl)c23)cc1N. The molecule has 5 nitrogen and oxygen atoms in total. The van der Waals surface area contributed by atoms with Gasteiger partial charge in [-0.25, -0.2) is 4.98 Å². The van der Waals surface area contributed by atoms with Crippen LogP contribution in [0.3, 0.4) is 0 Å². The van der Waals surface area contributed by atoms with Crippen LogP contribution in [-0.2, 0) is 7.05 Å². The Morgan fingerprint density at radius 1 is 1.00 bits per heavy atom. The van der Waals surface area contributed by atoms with E-state index in [0.29, 0.717) is 5.02 Å². The van der Waals surface area contributed by atoms with Gasteiger partial charge in [-0.15, -0.1) is 0 Å². The van der Waals surface area contributed by atoms with Gasteiger partial charge in [0, 0.05) is 61.7 Å². The van der Waals surface area contributed by atoms with Crippen molar-refractivity contribution in [1.82, 2.24) is 14.9 Å². The van der Waals surface area contributed by atoms with Gasteiger partial charge in [0.05, 0.1) is 10.7 Å². The van der Waals surface area contributed by atoms with Crippen LogP contribution in [0.15, 0.2) is 54.7 Å². The van der Waals surface area contributed by atoms with Crippen molar-refractivity contribution in [3.05, 3.63) is 65.3 Å². The highest BCUT2D eigenvalue weighted by molar-refractivity contribution is 6.37. The Labute approximate surface area is 187 Å². The number of piperazine rings is 1. The lowest BCUT2D eigenvalue weighted by atomic mass is 9.97. The van der Waals surface area contributed by atoms with Gasteiger partial charge in [-0.2, -0.15) is 0 Å². The van der Waals surface area contributed by atoms with E-state index in [4.69, 9.17) is 17.3 Å². The normalized spacial score (nSPS) is 14.4. The number of rotatable bonds is 3. The number of nitrogen functional groups attached to an aromatic ring is 1. The Morgan fingerprint density at radius 3 is 2.42 bits per heavy atom.